The topological polar surface area (TPSA) is 150 Å². The summed E-state index contributed by atoms with van der Waals surface area (Å²) in [6.45, 7) is 50.8. The number of rotatable bonds is 30. The first-order valence-electron chi connectivity index (χ1n) is 24.9. The van der Waals surface area contributed by atoms with Crippen LogP contribution in [0, 0.1) is 0 Å². The van der Waals surface area contributed by atoms with Crippen LogP contribution < -0.4 is 41.9 Å². The zero-order chi connectivity index (χ0) is 50.7. The first-order chi connectivity index (χ1) is 30.4. The second kappa shape index (κ2) is 67.1. The summed E-state index contributed by atoms with van der Waals surface area (Å²) < 4.78 is 0. The summed E-state index contributed by atoms with van der Waals surface area (Å²) in [5, 5.41) is 4.30. The van der Waals surface area contributed by atoms with E-state index >= 15 is 0 Å². The molecule has 0 saturated heterocycles. The summed E-state index contributed by atoms with van der Waals surface area (Å²) in [4.78, 5) is 78.5. The van der Waals surface area contributed by atoms with Crippen molar-refractivity contribution in [3.8, 4) is 0 Å². The van der Waals surface area contributed by atoms with Gasteiger partial charge in [0.15, 0.2) is 17.4 Å². The minimum absolute atomic E-state index is 0. The fourth-order valence-corrected chi connectivity index (χ4v) is 6.04. The smallest absolute Gasteiger partial charge is 1.00 e. The van der Waals surface area contributed by atoms with E-state index in [9.17, 15) is 28.8 Å². The average Bonchev–Trinajstić information content (AvgIpc) is 3.29. The Kier molecular flexibility index (Phi) is 86.1. The second-order valence-electron chi connectivity index (χ2n) is 14.3. The Morgan fingerprint density at radius 3 is 0.716 bits per heavy atom. The van der Waals surface area contributed by atoms with Crippen LogP contribution >= 0.6 is 23.2 Å². The average molecular weight is 1030 g/mol. The minimum atomic E-state index is -0.529. The zero-order valence-electron chi connectivity index (χ0n) is 46.7. The van der Waals surface area contributed by atoms with Crippen molar-refractivity contribution in [3.05, 3.63) is 0 Å². The third kappa shape index (κ3) is 61.1. The number of hydrogen-bond acceptors (Lipinski definition) is 9. The first kappa shape index (κ1) is 85.9. The van der Waals surface area contributed by atoms with Gasteiger partial charge in [0.2, 0.25) is 34.1 Å². The van der Waals surface area contributed by atoms with E-state index in [1.165, 1.54) is 65.2 Å². The molecule has 0 aliphatic carbocycles. The maximum absolute atomic E-state index is 11.7. The molecule has 0 aromatic rings. The molecule has 0 rings (SSSR count). The van der Waals surface area contributed by atoms with Gasteiger partial charge in [-0.2, -0.15) is 0 Å². The van der Waals surface area contributed by atoms with E-state index < -0.39 is 10.5 Å². The molecule has 0 aromatic heterocycles. The van der Waals surface area contributed by atoms with Crippen LogP contribution in [-0.2, 0) is 28.8 Å². The van der Waals surface area contributed by atoms with Gasteiger partial charge >= 0.3 is 18.9 Å². The van der Waals surface area contributed by atoms with Crippen LogP contribution in [0.1, 0.15) is 164 Å². The maximum Gasteiger partial charge on any atom is 1.00 e. The standard InChI is InChI=1S/2C12H24N2O2.C12H28N2.C4H4Cl2O2.2C4H11N.Al.ClH.Li.4H/c2*1-5-13(6-2)11(15)9-10-12(16)14(7-3)8-4;1-5-13(6-2)11-9-10-12-14(7-3)8-4;5-3(7)1-2-4(6)8;2*1-3-5-4-2;;;;;;;/h2*5-10H2,1-4H3;5-12H2,1-4H3;1-2H2;2*5H,3-4H2,1-2H3;;1H;;;;;/q;;;;;;;;+1;;;;-1. The number of nitrogens with zero attached hydrogens (tertiary/aromatic N) is 6. The molecule has 67 heavy (non-hydrogen) atoms. The van der Waals surface area contributed by atoms with E-state index in [1.54, 1.807) is 19.6 Å². The fraction of sp³-hybridized carbons (Fsp3) is 0.875. The molecule has 0 aliphatic heterocycles. The van der Waals surface area contributed by atoms with Crippen molar-refractivity contribution in [3.63, 3.8) is 0 Å². The van der Waals surface area contributed by atoms with E-state index in [1.807, 2.05) is 55.4 Å². The predicted octanol–water partition coefficient (Wildman–Crippen LogP) is -0.104. The van der Waals surface area contributed by atoms with Crippen LogP contribution in [0.5, 0.6) is 0 Å². The van der Waals surface area contributed by atoms with Crippen molar-refractivity contribution in [2.24, 2.45) is 0 Å². The molecule has 0 aliphatic rings. The third-order valence-electron chi connectivity index (χ3n) is 10.2. The molecule has 0 aromatic carbocycles. The number of unbranched alkanes of at least 4 members (excludes halogenated alkanes) is 1. The van der Waals surface area contributed by atoms with Gasteiger partial charge in [-0.1, -0.05) is 41.5 Å². The van der Waals surface area contributed by atoms with Crippen molar-refractivity contribution >= 4 is 74.7 Å². The SMILES string of the molecule is CCN(CC)C(=O)CCC(=O)N(CC)CC.CCN(CC)C(=O)CCC(=O)N(CC)CC.CCN(CC)CCCCN(CC)CC.CCNCC.CC[NH2+]CC.O=C(Cl)CCC(=O)Cl.[AlH3].[Cl-].[H-].[Li+]. The fourth-order valence-electron chi connectivity index (χ4n) is 5.85. The third-order valence-corrected chi connectivity index (χ3v) is 10.5. The quantitative estimate of drug-likeness (QED) is 0.0572. The van der Waals surface area contributed by atoms with E-state index in [2.05, 4.69) is 75.8 Å². The van der Waals surface area contributed by atoms with Gasteiger partial charge in [0.1, 0.15) is 0 Å². The molecule has 14 nitrogen and oxygen atoms in total. The molecule has 19 heteroatoms. The largest absolute Gasteiger partial charge is 1.00 e. The number of nitrogens with one attached hydrogen (secondary N) is 1. The summed E-state index contributed by atoms with van der Waals surface area (Å²) in [5.74, 6) is 0.298. The van der Waals surface area contributed by atoms with Crippen molar-refractivity contribution in [2.45, 2.75) is 162 Å². The number of carbonyl (C=O) groups is 6. The summed E-state index contributed by atoms with van der Waals surface area (Å²) >= 11 is 9.74. The number of hydrogen-bond donors (Lipinski definition) is 2. The molecule has 0 saturated carbocycles. The normalized spacial score (nSPS) is 9.49. The van der Waals surface area contributed by atoms with Gasteiger partial charge in [0, 0.05) is 90.9 Å². The molecule has 400 valence electrons. The van der Waals surface area contributed by atoms with Crippen molar-refractivity contribution in [2.75, 3.05) is 118 Å². The molecule has 0 spiro atoms. The Morgan fingerprint density at radius 2 is 0.612 bits per heavy atom. The molecule has 3 N–H and O–H groups in total. The van der Waals surface area contributed by atoms with E-state index in [4.69, 9.17) is 23.2 Å². The second-order valence-corrected chi connectivity index (χ2v) is 15.1. The minimum Gasteiger partial charge on any atom is -1.00 e. The van der Waals surface area contributed by atoms with Gasteiger partial charge in [0.05, 0.1) is 13.1 Å². The monoisotopic (exact) mass is 1030 g/mol. The predicted molar refractivity (Wildman–Crippen MR) is 284 cm³/mol. The Morgan fingerprint density at radius 1 is 0.403 bits per heavy atom. The molecule has 0 atom stereocenters. The van der Waals surface area contributed by atoms with Gasteiger partial charge in [0.25, 0.3) is 0 Å². The summed E-state index contributed by atoms with van der Waals surface area (Å²) in [6, 6.07) is 0. The van der Waals surface area contributed by atoms with Crippen molar-refractivity contribution < 1.29 is 66.8 Å². The van der Waals surface area contributed by atoms with Crippen LogP contribution in [-0.4, -0.2) is 199 Å². The zero-order valence-corrected chi connectivity index (χ0v) is 48.0. The Bertz CT molecular complexity index is 962. The van der Waals surface area contributed by atoms with Gasteiger partial charge in [-0.3, -0.25) is 28.8 Å². The number of amides is 4. The Balaban J connectivity index is -0.0000000769. The number of quaternary nitrogens is 1. The summed E-state index contributed by atoms with van der Waals surface area (Å²) in [6.07, 6.45) is 4.08. The van der Waals surface area contributed by atoms with Crippen LogP contribution in [0.25, 0.3) is 0 Å². The summed E-state index contributed by atoms with van der Waals surface area (Å²) in [5.41, 5.74) is 0. The number of carbonyl (C=O) groups excluding carboxylic acids is 6. The van der Waals surface area contributed by atoms with Gasteiger partial charge in [-0.25, -0.2) is 0 Å². The molecular formula is C48H107AlCl3LiN8O6. The van der Waals surface area contributed by atoms with Crippen LogP contribution in [0.4, 0.5) is 0 Å². The molecule has 0 unspecified atom stereocenters. The van der Waals surface area contributed by atoms with Crippen LogP contribution in [0.2, 0.25) is 0 Å². The molecule has 4 amide bonds. The molecule has 0 radical (unpaired) electrons. The maximum atomic E-state index is 11.7. The van der Waals surface area contributed by atoms with Crippen LogP contribution in [0.3, 0.4) is 0 Å². The van der Waals surface area contributed by atoms with Gasteiger partial charge < -0.3 is 53.9 Å². The molecule has 0 fully saturated rings. The van der Waals surface area contributed by atoms with E-state index in [-0.39, 0.29) is 86.5 Å². The van der Waals surface area contributed by atoms with Crippen molar-refractivity contribution in [1.82, 2.24) is 34.7 Å². The van der Waals surface area contributed by atoms with Gasteiger partial charge in [-0.05, 0) is 158 Å². The number of halogens is 3. The Labute approximate surface area is 453 Å². The van der Waals surface area contributed by atoms with E-state index in [0.29, 0.717) is 25.7 Å². The Hall–Kier alpha value is -0.940. The molecular weight excluding hydrogens is 925 g/mol. The summed E-state index contributed by atoms with van der Waals surface area (Å²) in [7, 11) is 0. The first-order valence-corrected chi connectivity index (χ1v) is 25.6. The molecule has 0 heterocycles. The van der Waals surface area contributed by atoms with E-state index in [0.717, 1.165) is 65.4 Å². The van der Waals surface area contributed by atoms with Crippen molar-refractivity contribution in [1.29, 1.82) is 0 Å². The molecule has 0 bridgehead atoms. The van der Waals surface area contributed by atoms with Crippen LogP contribution in [0.15, 0.2) is 0 Å². The number of nitrogens with two attached hydrogens (primary N) is 1. The van der Waals surface area contributed by atoms with Gasteiger partial charge in [-0.15, -0.1) is 0 Å².